The number of carbonyl (C=O) groups is 1. The van der Waals surface area contributed by atoms with E-state index in [2.05, 4.69) is 59.5 Å². The average Bonchev–Trinajstić information content (AvgIpc) is 2.94. The zero-order chi connectivity index (χ0) is 28.0. The lowest BCUT2D eigenvalue weighted by Crippen LogP contribution is -2.48. The number of hydrogen-bond acceptors (Lipinski definition) is 7. The van der Waals surface area contributed by atoms with Crippen LogP contribution in [0.2, 0.25) is 0 Å². The number of nitrogens with one attached hydrogen (secondary N) is 2. The van der Waals surface area contributed by atoms with Gasteiger partial charge in [0.05, 0.1) is 37.8 Å². The molecule has 0 aromatic heterocycles. The molecule has 8 nitrogen and oxygen atoms in total. The average molecular weight is 535 g/mol. The van der Waals surface area contributed by atoms with Gasteiger partial charge in [-0.05, 0) is 54.7 Å². The highest BCUT2D eigenvalue weighted by atomic mass is 16.5. The van der Waals surface area contributed by atoms with Gasteiger partial charge >= 0.3 is 0 Å². The van der Waals surface area contributed by atoms with Gasteiger partial charge in [0, 0.05) is 30.2 Å². The molecule has 0 fully saturated rings. The number of benzene rings is 2. The third kappa shape index (κ3) is 6.74. The molecule has 5 rings (SSSR count). The second kappa shape index (κ2) is 12.6. The van der Waals surface area contributed by atoms with E-state index in [1.807, 2.05) is 26.0 Å². The minimum Gasteiger partial charge on any atom is -0.493 e. The van der Waals surface area contributed by atoms with Crippen LogP contribution in [-0.4, -0.2) is 44.3 Å². The Kier molecular flexibility index (Phi) is 9.17. The molecule has 39 heavy (non-hydrogen) atoms. The van der Waals surface area contributed by atoms with Crippen LogP contribution in [0.15, 0.2) is 54.0 Å². The van der Waals surface area contributed by atoms with Crippen molar-refractivity contribution < 1.29 is 19.0 Å². The Morgan fingerprint density at radius 1 is 1.18 bits per heavy atom. The van der Waals surface area contributed by atoms with Crippen molar-refractivity contribution in [2.24, 2.45) is 22.6 Å². The summed E-state index contributed by atoms with van der Waals surface area (Å²) in [7, 11) is 1.74. The summed E-state index contributed by atoms with van der Waals surface area (Å²) in [6.07, 6.45) is 3.15. The fraction of sp³-hybridized carbons (Fsp3) is 0.484. The van der Waals surface area contributed by atoms with E-state index in [1.54, 1.807) is 7.11 Å². The van der Waals surface area contributed by atoms with Crippen molar-refractivity contribution >= 4 is 17.6 Å². The van der Waals surface area contributed by atoms with Crippen LogP contribution in [0, 0.1) is 11.8 Å². The van der Waals surface area contributed by atoms with E-state index in [4.69, 9.17) is 19.9 Å². The van der Waals surface area contributed by atoms with Gasteiger partial charge in [0.2, 0.25) is 5.91 Å². The molecule has 3 aliphatic rings. The highest BCUT2D eigenvalue weighted by Gasteiger charge is 2.32. The monoisotopic (exact) mass is 534 g/mol. The van der Waals surface area contributed by atoms with Gasteiger partial charge in [0.1, 0.15) is 11.5 Å². The molecule has 0 bridgehead atoms. The number of nitrogens with two attached hydrogens (primary N) is 1. The molecule has 0 saturated carbocycles. The van der Waals surface area contributed by atoms with Gasteiger partial charge in [-0.3, -0.25) is 10.1 Å². The Balaban J connectivity index is 0.000000247. The SMILES string of the molecule is C=C(NC1c2ccccc2OCC1C)c1ccc2c(c1)C[C@H](COC)CO2.CCC1(CC)CC(=O)NC(N)=N1. The molecule has 2 aromatic carbocycles. The second-order valence-electron chi connectivity index (χ2n) is 10.7. The van der Waals surface area contributed by atoms with Crippen LogP contribution in [0.25, 0.3) is 5.70 Å². The van der Waals surface area contributed by atoms with Gasteiger partial charge in [-0.1, -0.05) is 45.5 Å². The lowest BCUT2D eigenvalue weighted by atomic mass is 9.88. The van der Waals surface area contributed by atoms with Crippen LogP contribution in [-0.2, 0) is 16.0 Å². The van der Waals surface area contributed by atoms with Gasteiger partial charge in [-0.2, -0.15) is 0 Å². The maximum absolute atomic E-state index is 11.1. The zero-order valence-electron chi connectivity index (χ0n) is 23.6. The third-order valence-electron chi connectivity index (χ3n) is 7.88. The van der Waals surface area contributed by atoms with Gasteiger partial charge in [-0.25, -0.2) is 4.99 Å². The van der Waals surface area contributed by atoms with E-state index in [9.17, 15) is 4.79 Å². The number of fused-ring (bicyclic) bond motifs is 2. The first-order valence-electron chi connectivity index (χ1n) is 13.8. The minimum absolute atomic E-state index is 0.0220. The maximum atomic E-state index is 11.1. The molecule has 210 valence electrons. The number of hydrogen-bond donors (Lipinski definition) is 3. The summed E-state index contributed by atoms with van der Waals surface area (Å²) in [6.45, 7) is 12.7. The highest BCUT2D eigenvalue weighted by molar-refractivity contribution is 5.98. The minimum atomic E-state index is -0.244. The summed E-state index contributed by atoms with van der Waals surface area (Å²) in [4.78, 5) is 15.4. The van der Waals surface area contributed by atoms with E-state index in [1.165, 1.54) is 11.1 Å². The summed E-state index contributed by atoms with van der Waals surface area (Å²) in [5, 5.41) is 6.14. The van der Waals surface area contributed by atoms with E-state index < -0.39 is 0 Å². The van der Waals surface area contributed by atoms with Crippen molar-refractivity contribution in [2.45, 2.75) is 58.0 Å². The number of methoxy groups -OCH3 is 1. The van der Waals surface area contributed by atoms with E-state index in [0.29, 0.717) is 24.9 Å². The van der Waals surface area contributed by atoms with Gasteiger partial charge in [0.25, 0.3) is 0 Å². The fourth-order valence-corrected chi connectivity index (χ4v) is 5.44. The van der Waals surface area contributed by atoms with Crippen LogP contribution in [0.4, 0.5) is 0 Å². The maximum Gasteiger partial charge on any atom is 0.229 e. The molecule has 8 heteroatoms. The molecule has 0 spiro atoms. The smallest absolute Gasteiger partial charge is 0.229 e. The van der Waals surface area contributed by atoms with Crippen LogP contribution < -0.4 is 25.8 Å². The van der Waals surface area contributed by atoms with Crippen molar-refractivity contribution in [3.05, 3.63) is 65.7 Å². The predicted molar refractivity (Wildman–Crippen MR) is 155 cm³/mol. The first-order chi connectivity index (χ1) is 18.8. The summed E-state index contributed by atoms with van der Waals surface area (Å²) < 4.78 is 17.1. The summed E-state index contributed by atoms with van der Waals surface area (Å²) >= 11 is 0. The molecule has 3 aliphatic heterocycles. The molecule has 2 aromatic rings. The van der Waals surface area contributed by atoms with Gasteiger partial charge in [-0.15, -0.1) is 0 Å². The van der Waals surface area contributed by atoms with Crippen LogP contribution in [0.5, 0.6) is 11.5 Å². The molecule has 4 N–H and O–H groups in total. The Hall–Kier alpha value is -3.52. The van der Waals surface area contributed by atoms with Crippen molar-refractivity contribution in [3.8, 4) is 11.5 Å². The van der Waals surface area contributed by atoms with Crippen molar-refractivity contribution in [2.75, 3.05) is 26.9 Å². The first-order valence-corrected chi connectivity index (χ1v) is 13.8. The number of ether oxygens (including phenoxy) is 3. The number of carbonyl (C=O) groups excluding carboxylic acids is 1. The topological polar surface area (TPSA) is 107 Å². The van der Waals surface area contributed by atoms with E-state index in [-0.39, 0.29) is 23.4 Å². The molecule has 2 unspecified atom stereocenters. The molecule has 3 atom stereocenters. The second-order valence-corrected chi connectivity index (χ2v) is 10.7. The number of guanidine groups is 1. The van der Waals surface area contributed by atoms with Crippen molar-refractivity contribution in [1.29, 1.82) is 0 Å². The Morgan fingerprint density at radius 3 is 2.64 bits per heavy atom. The normalized spacial score (nSPS) is 22.8. The summed E-state index contributed by atoms with van der Waals surface area (Å²) in [5.74, 6) is 2.94. The van der Waals surface area contributed by atoms with Crippen LogP contribution in [0.3, 0.4) is 0 Å². The number of nitrogens with zero attached hydrogens (tertiary/aromatic N) is 1. The largest absolute Gasteiger partial charge is 0.493 e. The third-order valence-corrected chi connectivity index (χ3v) is 7.88. The van der Waals surface area contributed by atoms with Gasteiger partial charge < -0.3 is 25.3 Å². The van der Waals surface area contributed by atoms with E-state index >= 15 is 0 Å². The Labute approximate surface area is 232 Å². The van der Waals surface area contributed by atoms with Crippen LogP contribution in [0.1, 0.15) is 62.8 Å². The molecule has 1 amide bonds. The standard InChI is InChI=1S/C23H27NO3.C8H15N3O/c1-15-12-26-22-7-5-4-6-20(22)23(15)24-16(2)18-8-9-21-19(11-18)10-17(13-25-3)14-27-21;1-3-8(4-2)5-6(12)10-7(9)11-8/h4-9,11,15,17,23-24H,2,10,12-14H2,1,3H3;3-5H2,1-2H3,(H3,9,10,11,12)/t15?,17-,23?;/m1./s1. The summed E-state index contributed by atoms with van der Waals surface area (Å²) in [6, 6.07) is 14.8. The predicted octanol–water partition coefficient (Wildman–Crippen LogP) is 4.59. The molecule has 3 heterocycles. The molecule has 0 saturated heterocycles. The zero-order valence-corrected chi connectivity index (χ0v) is 23.6. The Morgan fingerprint density at radius 2 is 1.92 bits per heavy atom. The summed E-state index contributed by atoms with van der Waals surface area (Å²) in [5.41, 5.74) is 9.68. The lowest BCUT2D eigenvalue weighted by Gasteiger charge is -2.33. The molecular formula is C31H42N4O4. The quantitative estimate of drug-likeness (QED) is 0.480. The molecule has 0 radical (unpaired) electrons. The number of para-hydroxylation sites is 1. The Bertz CT molecular complexity index is 1210. The van der Waals surface area contributed by atoms with Crippen molar-refractivity contribution in [3.63, 3.8) is 0 Å². The number of amides is 1. The highest BCUT2D eigenvalue weighted by Crippen LogP contribution is 2.37. The number of aliphatic imine (C=N–C) groups is 1. The lowest BCUT2D eigenvalue weighted by molar-refractivity contribution is -0.121. The van der Waals surface area contributed by atoms with Crippen molar-refractivity contribution in [1.82, 2.24) is 10.6 Å². The fourth-order valence-electron chi connectivity index (χ4n) is 5.44. The van der Waals surface area contributed by atoms with E-state index in [0.717, 1.165) is 55.2 Å². The molecule has 0 aliphatic carbocycles. The number of rotatable bonds is 7. The first kappa shape index (κ1) is 28.5. The van der Waals surface area contributed by atoms with Crippen LogP contribution >= 0.6 is 0 Å². The molecular weight excluding hydrogens is 492 g/mol. The van der Waals surface area contributed by atoms with Gasteiger partial charge in [0.15, 0.2) is 5.96 Å².